The fraction of sp³-hybridized carbons (Fsp3) is 0.611. The first kappa shape index (κ1) is 15.5. The van der Waals surface area contributed by atoms with Crippen molar-refractivity contribution in [1.82, 2.24) is 14.5 Å². The Bertz CT molecular complexity index is 648. The van der Waals surface area contributed by atoms with Crippen LogP contribution in [0.4, 0.5) is 0 Å². The third-order valence-electron chi connectivity index (χ3n) is 4.55. The molecule has 1 saturated heterocycles. The Balaban J connectivity index is 1.85. The highest BCUT2D eigenvalue weighted by Gasteiger charge is 2.17. The maximum atomic E-state index is 5.42. The second-order valence-electron chi connectivity index (χ2n) is 7.22. The minimum absolute atomic E-state index is 0.168. The molecule has 1 fully saturated rings. The number of morpholine rings is 1. The lowest BCUT2D eigenvalue weighted by Crippen LogP contribution is -2.38. The van der Waals surface area contributed by atoms with Gasteiger partial charge in [-0.15, -0.1) is 0 Å². The smallest absolute Gasteiger partial charge is 0.106 e. The van der Waals surface area contributed by atoms with Gasteiger partial charge in [0.2, 0.25) is 0 Å². The lowest BCUT2D eigenvalue weighted by atomic mass is 9.87. The summed E-state index contributed by atoms with van der Waals surface area (Å²) in [7, 11) is 0. The van der Waals surface area contributed by atoms with Crippen LogP contribution < -0.4 is 0 Å². The monoisotopic (exact) mass is 301 g/mol. The van der Waals surface area contributed by atoms with E-state index in [0.29, 0.717) is 0 Å². The van der Waals surface area contributed by atoms with Gasteiger partial charge in [0.05, 0.1) is 24.2 Å². The molecule has 2 heterocycles. The maximum absolute atomic E-state index is 5.42. The van der Waals surface area contributed by atoms with Gasteiger partial charge in [0.15, 0.2) is 0 Å². The zero-order chi connectivity index (χ0) is 15.7. The Morgan fingerprint density at radius 1 is 1.14 bits per heavy atom. The average molecular weight is 301 g/mol. The quantitative estimate of drug-likeness (QED) is 0.873. The summed E-state index contributed by atoms with van der Waals surface area (Å²) in [6, 6.07) is 6.68. The SMILES string of the molecule is Cc1nc2ccc(C(C)(C)C)cc2n1CCN1CCOCC1. The molecule has 4 nitrogen and oxygen atoms in total. The van der Waals surface area contributed by atoms with Gasteiger partial charge in [-0.3, -0.25) is 4.90 Å². The van der Waals surface area contributed by atoms with Gasteiger partial charge in [0, 0.05) is 26.2 Å². The molecule has 3 rings (SSSR count). The van der Waals surface area contributed by atoms with Crippen LogP contribution in [-0.2, 0) is 16.7 Å². The van der Waals surface area contributed by atoms with Crippen LogP contribution in [0.3, 0.4) is 0 Å². The Labute approximate surface area is 133 Å². The molecule has 4 heteroatoms. The van der Waals surface area contributed by atoms with E-state index in [1.807, 2.05) is 0 Å². The number of rotatable bonds is 3. The van der Waals surface area contributed by atoms with Crippen LogP contribution in [-0.4, -0.2) is 47.3 Å². The molecule has 0 amide bonds. The zero-order valence-corrected chi connectivity index (χ0v) is 14.2. The topological polar surface area (TPSA) is 30.3 Å². The van der Waals surface area contributed by atoms with E-state index in [1.54, 1.807) is 0 Å². The minimum Gasteiger partial charge on any atom is -0.379 e. The third kappa shape index (κ3) is 3.18. The number of hydrogen-bond acceptors (Lipinski definition) is 3. The number of imidazole rings is 1. The molecule has 22 heavy (non-hydrogen) atoms. The van der Waals surface area contributed by atoms with E-state index < -0.39 is 0 Å². The molecule has 120 valence electrons. The van der Waals surface area contributed by atoms with Gasteiger partial charge in [0.25, 0.3) is 0 Å². The Kier molecular flexibility index (Phi) is 4.24. The van der Waals surface area contributed by atoms with Gasteiger partial charge in [-0.25, -0.2) is 4.98 Å². The number of hydrogen-bond donors (Lipinski definition) is 0. The molecule has 0 aliphatic carbocycles. The van der Waals surface area contributed by atoms with Gasteiger partial charge in [0.1, 0.15) is 5.82 Å². The molecule has 0 bridgehead atoms. The molecule has 0 spiro atoms. The summed E-state index contributed by atoms with van der Waals surface area (Å²) in [5.74, 6) is 1.11. The molecule has 1 aromatic carbocycles. The molecule has 0 saturated carbocycles. The summed E-state index contributed by atoms with van der Waals surface area (Å²) in [4.78, 5) is 7.19. The first-order chi connectivity index (χ1) is 10.4. The summed E-state index contributed by atoms with van der Waals surface area (Å²) >= 11 is 0. The van der Waals surface area contributed by atoms with E-state index in [-0.39, 0.29) is 5.41 Å². The summed E-state index contributed by atoms with van der Waals surface area (Å²) in [6.45, 7) is 14.7. The fourth-order valence-electron chi connectivity index (χ4n) is 3.06. The molecular weight excluding hydrogens is 274 g/mol. The number of nitrogens with zero attached hydrogens (tertiary/aromatic N) is 3. The summed E-state index contributed by atoms with van der Waals surface area (Å²) in [5.41, 5.74) is 3.90. The predicted octanol–water partition coefficient (Wildman–Crippen LogP) is 2.97. The Morgan fingerprint density at radius 3 is 2.55 bits per heavy atom. The van der Waals surface area contributed by atoms with E-state index in [2.05, 4.69) is 55.4 Å². The van der Waals surface area contributed by atoms with Gasteiger partial charge in [-0.2, -0.15) is 0 Å². The molecule has 1 aliphatic heterocycles. The molecular formula is C18H27N3O. The summed E-state index contributed by atoms with van der Waals surface area (Å²) in [6.07, 6.45) is 0. The van der Waals surface area contributed by atoms with Crippen molar-refractivity contribution < 1.29 is 4.74 Å². The van der Waals surface area contributed by atoms with Crippen LogP contribution >= 0.6 is 0 Å². The van der Waals surface area contributed by atoms with Crippen LogP contribution in [0.15, 0.2) is 18.2 Å². The number of aromatic nitrogens is 2. The van der Waals surface area contributed by atoms with Crippen LogP contribution in [0, 0.1) is 6.92 Å². The first-order valence-corrected chi connectivity index (χ1v) is 8.22. The Morgan fingerprint density at radius 2 is 1.86 bits per heavy atom. The largest absolute Gasteiger partial charge is 0.379 e. The highest BCUT2D eigenvalue weighted by atomic mass is 16.5. The lowest BCUT2D eigenvalue weighted by Gasteiger charge is -2.27. The Hall–Kier alpha value is -1.39. The number of aryl methyl sites for hydroxylation is 1. The van der Waals surface area contributed by atoms with E-state index in [1.165, 1.54) is 11.1 Å². The van der Waals surface area contributed by atoms with Crippen molar-refractivity contribution in [3.8, 4) is 0 Å². The molecule has 0 radical (unpaired) electrons. The van der Waals surface area contributed by atoms with Crippen LogP contribution in [0.1, 0.15) is 32.2 Å². The van der Waals surface area contributed by atoms with E-state index in [0.717, 1.165) is 50.7 Å². The van der Waals surface area contributed by atoms with Crippen molar-refractivity contribution in [3.63, 3.8) is 0 Å². The van der Waals surface area contributed by atoms with Crippen LogP contribution in [0.2, 0.25) is 0 Å². The molecule has 0 unspecified atom stereocenters. The molecule has 1 aromatic heterocycles. The summed E-state index contributed by atoms with van der Waals surface area (Å²) in [5, 5.41) is 0. The number of benzene rings is 1. The highest BCUT2D eigenvalue weighted by Crippen LogP contribution is 2.26. The van der Waals surface area contributed by atoms with Gasteiger partial charge < -0.3 is 9.30 Å². The lowest BCUT2D eigenvalue weighted by molar-refractivity contribution is 0.0364. The van der Waals surface area contributed by atoms with Crippen molar-refractivity contribution in [2.75, 3.05) is 32.8 Å². The van der Waals surface area contributed by atoms with Gasteiger partial charge in [-0.1, -0.05) is 26.8 Å². The minimum atomic E-state index is 0.168. The molecule has 0 atom stereocenters. The normalized spacial score (nSPS) is 17.3. The fourth-order valence-corrected chi connectivity index (χ4v) is 3.06. The van der Waals surface area contributed by atoms with Crippen LogP contribution in [0.5, 0.6) is 0 Å². The molecule has 0 N–H and O–H groups in total. The number of fused-ring (bicyclic) bond motifs is 1. The predicted molar refractivity (Wildman–Crippen MR) is 90.4 cm³/mol. The number of ether oxygens (including phenoxy) is 1. The van der Waals surface area contributed by atoms with Crippen molar-refractivity contribution in [2.24, 2.45) is 0 Å². The standard InChI is InChI=1S/C18H27N3O/c1-14-19-16-6-5-15(18(2,3)4)13-17(16)21(14)8-7-20-9-11-22-12-10-20/h5-6,13H,7-12H2,1-4H3. The van der Waals surface area contributed by atoms with Crippen molar-refractivity contribution >= 4 is 11.0 Å². The van der Waals surface area contributed by atoms with E-state index in [4.69, 9.17) is 9.72 Å². The van der Waals surface area contributed by atoms with Crippen LogP contribution in [0.25, 0.3) is 11.0 Å². The third-order valence-corrected chi connectivity index (χ3v) is 4.55. The van der Waals surface area contributed by atoms with Crippen molar-refractivity contribution in [3.05, 3.63) is 29.6 Å². The molecule has 1 aliphatic rings. The van der Waals surface area contributed by atoms with Crippen molar-refractivity contribution in [2.45, 2.75) is 39.7 Å². The van der Waals surface area contributed by atoms with Gasteiger partial charge in [-0.05, 0) is 30.0 Å². The second kappa shape index (κ2) is 6.01. The second-order valence-corrected chi connectivity index (χ2v) is 7.22. The van der Waals surface area contributed by atoms with E-state index in [9.17, 15) is 0 Å². The van der Waals surface area contributed by atoms with E-state index >= 15 is 0 Å². The maximum Gasteiger partial charge on any atom is 0.106 e. The highest BCUT2D eigenvalue weighted by molar-refractivity contribution is 5.77. The average Bonchev–Trinajstić information content (AvgIpc) is 2.80. The van der Waals surface area contributed by atoms with Crippen molar-refractivity contribution in [1.29, 1.82) is 0 Å². The van der Waals surface area contributed by atoms with Gasteiger partial charge >= 0.3 is 0 Å². The summed E-state index contributed by atoms with van der Waals surface area (Å²) < 4.78 is 7.78. The first-order valence-electron chi connectivity index (χ1n) is 8.22. The zero-order valence-electron chi connectivity index (χ0n) is 14.2. The molecule has 2 aromatic rings.